The Balaban J connectivity index is 2.57. The van der Waals surface area contributed by atoms with Crippen molar-refractivity contribution in [1.29, 1.82) is 0 Å². The standard InChI is InChI=1S/C8H5F3O2/c1-4-2-5-3-6(8(9,10)11)13-7(5)12-4/h2-3H,1H3. The monoisotopic (exact) mass is 190 g/mol. The molecule has 2 rings (SSSR count). The number of fused-ring (bicyclic) bond motifs is 1. The number of hydrogen-bond acceptors (Lipinski definition) is 2. The van der Waals surface area contributed by atoms with Gasteiger partial charge in [-0.25, -0.2) is 0 Å². The molecule has 2 nitrogen and oxygen atoms in total. The van der Waals surface area contributed by atoms with Gasteiger partial charge in [0.05, 0.1) is 5.39 Å². The number of halogens is 3. The lowest BCUT2D eigenvalue weighted by Crippen LogP contribution is -2.01. The maximum absolute atomic E-state index is 12.1. The first kappa shape index (κ1) is 8.22. The van der Waals surface area contributed by atoms with Crippen LogP contribution in [0.4, 0.5) is 13.2 Å². The topological polar surface area (TPSA) is 26.3 Å². The van der Waals surface area contributed by atoms with E-state index >= 15 is 0 Å². The van der Waals surface area contributed by atoms with Gasteiger partial charge in [-0.1, -0.05) is 0 Å². The third-order valence-electron chi connectivity index (χ3n) is 1.62. The summed E-state index contributed by atoms with van der Waals surface area (Å²) in [5.41, 5.74) is 0. The molecule has 2 aromatic rings. The first-order valence-corrected chi connectivity index (χ1v) is 3.54. The molecule has 0 N–H and O–H groups in total. The Kier molecular flexibility index (Phi) is 1.46. The minimum absolute atomic E-state index is 0.0789. The maximum Gasteiger partial charge on any atom is 0.449 e. The van der Waals surface area contributed by atoms with Crippen LogP contribution in [0.1, 0.15) is 11.5 Å². The van der Waals surface area contributed by atoms with Gasteiger partial charge in [-0.05, 0) is 13.0 Å². The smallest absolute Gasteiger partial charge is 0.430 e. The lowest BCUT2D eigenvalue weighted by molar-refractivity contribution is -0.152. The van der Waals surface area contributed by atoms with Crippen LogP contribution < -0.4 is 0 Å². The molecule has 0 saturated heterocycles. The highest BCUT2D eigenvalue weighted by Gasteiger charge is 2.35. The van der Waals surface area contributed by atoms with Crippen molar-refractivity contribution in [3.05, 3.63) is 23.7 Å². The summed E-state index contributed by atoms with van der Waals surface area (Å²) in [6.07, 6.45) is -4.45. The van der Waals surface area contributed by atoms with Gasteiger partial charge in [0.25, 0.3) is 5.78 Å². The van der Waals surface area contributed by atoms with Crippen LogP contribution in [-0.4, -0.2) is 0 Å². The number of alkyl halides is 3. The van der Waals surface area contributed by atoms with Gasteiger partial charge in [-0.3, -0.25) is 0 Å². The van der Waals surface area contributed by atoms with Crippen LogP contribution in [0.5, 0.6) is 0 Å². The van der Waals surface area contributed by atoms with Gasteiger partial charge in [0, 0.05) is 6.07 Å². The van der Waals surface area contributed by atoms with Crippen molar-refractivity contribution in [1.82, 2.24) is 0 Å². The highest BCUT2D eigenvalue weighted by Crippen LogP contribution is 2.34. The molecule has 70 valence electrons. The average molecular weight is 190 g/mol. The molecule has 2 heterocycles. The van der Waals surface area contributed by atoms with Crippen molar-refractivity contribution in [3.63, 3.8) is 0 Å². The van der Waals surface area contributed by atoms with Crippen molar-refractivity contribution in [2.75, 3.05) is 0 Å². The number of rotatable bonds is 0. The van der Waals surface area contributed by atoms with E-state index in [9.17, 15) is 13.2 Å². The van der Waals surface area contributed by atoms with Crippen LogP contribution in [0.3, 0.4) is 0 Å². The molecule has 0 fully saturated rings. The third-order valence-corrected chi connectivity index (χ3v) is 1.62. The second-order valence-electron chi connectivity index (χ2n) is 2.71. The zero-order valence-electron chi connectivity index (χ0n) is 6.61. The second kappa shape index (κ2) is 2.31. The summed E-state index contributed by atoms with van der Waals surface area (Å²) in [4.78, 5) is 0. The summed E-state index contributed by atoms with van der Waals surface area (Å²) in [5, 5.41) is 0.338. The van der Waals surface area contributed by atoms with Gasteiger partial charge >= 0.3 is 6.18 Å². The molecular formula is C8H5F3O2. The van der Waals surface area contributed by atoms with Gasteiger partial charge in [-0.15, -0.1) is 0 Å². The summed E-state index contributed by atoms with van der Waals surface area (Å²) in [7, 11) is 0. The molecule has 0 unspecified atom stereocenters. The van der Waals surface area contributed by atoms with Crippen molar-refractivity contribution < 1.29 is 22.0 Å². The number of aryl methyl sites for hydroxylation is 1. The Morgan fingerprint density at radius 3 is 2.38 bits per heavy atom. The quantitative estimate of drug-likeness (QED) is 0.636. The largest absolute Gasteiger partial charge is 0.449 e. The van der Waals surface area contributed by atoms with E-state index in [1.807, 2.05) is 0 Å². The highest BCUT2D eigenvalue weighted by molar-refractivity contribution is 5.73. The van der Waals surface area contributed by atoms with Crippen LogP contribution in [0.15, 0.2) is 21.0 Å². The minimum atomic E-state index is -4.45. The molecule has 5 heteroatoms. The SMILES string of the molecule is Cc1cc2cc(C(F)(F)F)oc2o1. The summed E-state index contributed by atoms with van der Waals surface area (Å²) in [6, 6.07) is 2.42. The lowest BCUT2D eigenvalue weighted by Gasteiger charge is -1.98. The van der Waals surface area contributed by atoms with Crippen LogP contribution in [0.25, 0.3) is 11.2 Å². The van der Waals surface area contributed by atoms with Gasteiger partial charge < -0.3 is 8.83 Å². The average Bonchev–Trinajstić information content (AvgIpc) is 2.40. The Hall–Kier alpha value is -1.39. The van der Waals surface area contributed by atoms with Crippen molar-refractivity contribution in [2.45, 2.75) is 13.1 Å². The molecule has 0 aliphatic carbocycles. The normalized spacial score (nSPS) is 12.6. The Morgan fingerprint density at radius 1 is 1.15 bits per heavy atom. The molecule has 0 aliphatic rings. The van der Waals surface area contributed by atoms with E-state index in [1.54, 1.807) is 6.92 Å². The lowest BCUT2D eigenvalue weighted by atomic mass is 10.3. The molecule has 0 aromatic carbocycles. The Labute approximate surface area is 70.9 Å². The van der Waals surface area contributed by atoms with Gasteiger partial charge in [0.2, 0.25) is 5.76 Å². The number of furan rings is 2. The summed E-state index contributed by atoms with van der Waals surface area (Å²) < 4.78 is 45.5. The van der Waals surface area contributed by atoms with Crippen LogP contribution >= 0.6 is 0 Å². The molecule has 0 amide bonds. The van der Waals surface area contributed by atoms with E-state index in [-0.39, 0.29) is 5.78 Å². The molecule has 0 saturated carbocycles. The predicted octanol–water partition coefficient (Wildman–Crippen LogP) is 3.35. The van der Waals surface area contributed by atoms with E-state index in [2.05, 4.69) is 4.42 Å². The molecule has 0 aliphatic heterocycles. The fourth-order valence-corrected chi connectivity index (χ4v) is 1.10. The maximum atomic E-state index is 12.1. The fourth-order valence-electron chi connectivity index (χ4n) is 1.10. The fraction of sp³-hybridized carbons (Fsp3) is 0.250. The highest BCUT2D eigenvalue weighted by atomic mass is 19.4. The zero-order chi connectivity index (χ0) is 9.64. The molecule has 0 radical (unpaired) electrons. The van der Waals surface area contributed by atoms with Gasteiger partial charge in [-0.2, -0.15) is 13.2 Å². The molecule has 0 atom stereocenters. The van der Waals surface area contributed by atoms with Crippen molar-refractivity contribution >= 4 is 11.2 Å². The van der Waals surface area contributed by atoms with Crippen LogP contribution in [0, 0.1) is 6.92 Å². The first-order valence-electron chi connectivity index (χ1n) is 3.54. The molecule has 2 aromatic heterocycles. The predicted molar refractivity (Wildman–Crippen MR) is 38.2 cm³/mol. The molecule has 13 heavy (non-hydrogen) atoms. The Morgan fingerprint density at radius 2 is 1.85 bits per heavy atom. The summed E-state index contributed by atoms with van der Waals surface area (Å²) in [6.45, 7) is 1.64. The first-order chi connectivity index (χ1) is 5.97. The van der Waals surface area contributed by atoms with E-state index in [0.29, 0.717) is 11.1 Å². The van der Waals surface area contributed by atoms with Crippen molar-refractivity contribution in [2.24, 2.45) is 0 Å². The van der Waals surface area contributed by atoms with E-state index in [1.165, 1.54) is 6.07 Å². The summed E-state index contributed by atoms with van der Waals surface area (Å²) >= 11 is 0. The molecular weight excluding hydrogens is 185 g/mol. The van der Waals surface area contributed by atoms with E-state index < -0.39 is 11.9 Å². The minimum Gasteiger partial charge on any atom is -0.430 e. The van der Waals surface area contributed by atoms with E-state index in [0.717, 1.165) is 6.07 Å². The van der Waals surface area contributed by atoms with Gasteiger partial charge in [0.15, 0.2) is 0 Å². The number of hydrogen-bond donors (Lipinski definition) is 0. The van der Waals surface area contributed by atoms with Crippen LogP contribution in [0.2, 0.25) is 0 Å². The van der Waals surface area contributed by atoms with Crippen molar-refractivity contribution in [3.8, 4) is 0 Å². The Bertz CT molecular complexity index is 404. The third kappa shape index (κ3) is 1.30. The van der Waals surface area contributed by atoms with Gasteiger partial charge in [0.1, 0.15) is 5.76 Å². The van der Waals surface area contributed by atoms with E-state index in [4.69, 9.17) is 4.42 Å². The molecule has 0 spiro atoms. The zero-order valence-corrected chi connectivity index (χ0v) is 6.61. The van der Waals surface area contributed by atoms with Crippen LogP contribution in [-0.2, 0) is 6.18 Å². The summed E-state index contributed by atoms with van der Waals surface area (Å²) in [5.74, 6) is -0.575. The molecule has 0 bridgehead atoms. The second-order valence-corrected chi connectivity index (χ2v) is 2.71.